The first-order valence-electron chi connectivity index (χ1n) is 10.5. The predicted molar refractivity (Wildman–Crippen MR) is 112 cm³/mol. The average molecular weight is 351 g/mol. The molecule has 0 radical (unpaired) electrons. The Balaban J connectivity index is 1.54. The summed E-state index contributed by atoms with van der Waals surface area (Å²) < 4.78 is 5.53. The van der Waals surface area contributed by atoms with Crippen LogP contribution in [-0.2, 0) is 6.42 Å². The minimum atomic E-state index is 0.715. The third-order valence-corrected chi connectivity index (χ3v) is 6.29. The van der Waals surface area contributed by atoms with Crippen molar-refractivity contribution < 1.29 is 4.74 Å². The van der Waals surface area contributed by atoms with Crippen molar-refractivity contribution in [2.75, 3.05) is 6.61 Å². The molecule has 1 aliphatic rings. The molecule has 2 aromatic rings. The minimum absolute atomic E-state index is 0.715. The molecular formula is C25H34O. The lowest BCUT2D eigenvalue weighted by molar-refractivity contribution is 0.181. The molecule has 0 aromatic heterocycles. The van der Waals surface area contributed by atoms with Crippen LogP contribution in [-0.4, -0.2) is 6.61 Å². The van der Waals surface area contributed by atoms with Gasteiger partial charge in [0.25, 0.3) is 0 Å². The van der Waals surface area contributed by atoms with E-state index in [0.29, 0.717) is 6.61 Å². The van der Waals surface area contributed by atoms with Crippen LogP contribution < -0.4 is 4.74 Å². The molecule has 0 spiro atoms. The Morgan fingerprint density at radius 2 is 1.54 bits per heavy atom. The molecule has 3 rings (SSSR count). The van der Waals surface area contributed by atoms with Crippen molar-refractivity contribution in [2.45, 2.75) is 59.3 Å². The van der Waals surface area contributed by atoms with E-state index in [-0.39, 0.29) is 0 Å². The molecule has 0 amide bonds. The molecule has 1 saturated carbocycles. The second kappa shape index (κ2) is 9.26. The first-order valence-corrected chi connectivity index (χ1v) is 10.5. The molecule has 3 unspecified atom stereocenters. The molecule has 26 heavy (non-hydrogen) atoms. The van der Waals surface area contributed by atoms with Crippen LogP contribution in [0.3, 0.4) is 0 Å². The zero-order valence-corrected chi connectivity index (χ0v) is 16.7. The lowest BCUT2D eigenvalue weighted by Crippen LogP contribution is -2.23. The fraction of sp³-hybridized carbons (Fsp3) is 0.520. The van der Waals surface area contributed by atoms with E-state index in [2.05, 4.69) is 62.4 Å². The van der Waals surface area contributed by atoms with Gasteiger partial charge in [0.15, 0.2) is 0 Å². The molecule has 1 heteroatoms. The molecule has 0 aliphatic heterocycles. The summed E-state index contributed by atoms with van der Waals surface area (Å²) in [5.41, 5.74) is 4.02. The highest BCUT2D eigenvalue weighted by Crippen LogP contribution is 2.37. The Labute approximate surface area is 159 Å². The smallest absolute Gasteiger partial charge is 0.119 e. The molecule has 1 aliphatic carbocycles. The molecule has 0 N–H and O–H groups in total. The topological polar surface area (TPSA) is 9.23 Å². The van der Waals surface area contributed by atoms with Gasteiger partial charge in [-0.15, -0.1) is 0 Å². The Morgan fingerprint density at radius 3 is 2.12 bits per heavy atom. The largest absolute Gasteiger partial charge is 0.494 e. The van der Waals surface area contributed by atoms with Gasteiger partial charge in [0.05, 0.1) is 6.61 Å². The molecule has 0 heterocycles. The van der Waals surface area contributed by atoms with Crippen molar-refractivity contribution in [3.8, 4) is 16.9 Å². The van der Waals surface area contributed by atoms with E-state index >= 15 is 0 Å². The van der Waals surface area contributed by atoms with Gasteiger partial charge in [-0.05, 0) is 79.2 Å². The van der Waals surface area contributed by atoms with Crippen LogP contribution in [0.15, 0.2) is 48.5 Å². The van der Waals surface area contributed by atoms with Crippen LogP contribution in [0.25, 0.3) is 11.1 Å². The molecule has 0 saturated heterocycles. The highest BCUT2D eigenvalue weighted by molar-refractivity contribution is 5.64. The second-order valence-corrected chi connectivity index (χ2v) is 8.02. The van der Waals surface area contributed by atoms with Gasteiger partial charge in [0, 0.05) is 0 Å². The van der Waals surface area contributed by atoms with Crippen molar-refractivity contribution in [3.05, 3.63) is 54.1 Å². The first kappa shape index (κ1) is 19.0. The van der Waals surface area contributed by atoms with Crippen molar-refractivity contribution in [1.82, 2.24) is 0 Å². The quantitative estimate of drug-likeness (QED) is 0.515. The summed E-state index contributed by atoms with van der Waals surface area (Å²) >= 11 is 0. The number of ether oxygens (including phenoxy) is 1. The van der Waals surface area contributed by atoms with Gasteiger partial charge < -0.3 is 4.74 Å². The van der Waals surface area contributed by atoms with E-state index in [0.717, 1.165) is 23.5 Å². The summed E-state index contributed by atoms with van der Waals surface area (Å²) in [6.07, 6.45) is 8.25. The Kier molecular flexibility index (Phi) is 6.77. The van der Waals surface area contributed by atoms with Gasteiger partial charge in [-0.1, -0.05) is 63.1 Å². The van der Waals surface area contributed by atoms with E-state index in [9.17, 15) is 0 Å². The van der Waals surface area contributed by atoms with Gasteiger partial charge in [-0.25, -0.2) is 0 Å². The van der Waals surface area contributed by atoms with Crippen LogP contribution in [0.1, 0.15) is 58.4 Å². The summed E-state index contributed by atoms with van der Waals surface area (Å²) in [4.78, 5) is 0. The molecule has 1 nitrogen and oxygen atoms in total. The zero-order chi connectivity index (χ0) is 18.4. The van der Waals surface area contributed by atoms with E-state index in [1.54, 1.807) is 0 Å². The standard InChI is InChI=1S/C25H34O/c1-4-20-6-10-22(19(3)18-20)11-7-21-8-12-23(13-9-21)24-14-16-25(17-15-24)26-5-2/h8-9,12-17,19-20,22H,4-7,10-11,18H2,1-3H3. The van der Waals surface area contributed by atoms with Gasteiger partial charge in [0.1, 0.15) is 5.75 Å². The fourth-order valence-electron chi connectivity index (χ4n) is 4.50. The van der Waals surface area contributed by atoms with Crippen LogP contribution in [0.4, 0.5) is 0 Å². The number of hydrogen-bond donors (Lipinski definition) is 0. The number of benzene rings is 2. The molecule has 1 fully saturated rings. The first-order chi connectivity index (χ1) is 12.7. The zero-order valence-electron chi connectivity index (χ0n) is 16.7. The maximum Gasteiger partial charge on any atom is 0.119 e. The van der Waals surface area contributed by atoms with Crippen molar-refractivity contribution >= 4 is 0 Å². The van der Waals surface area contributed by atoms with Crippen molar-refractivity contribution in [2.24, 2.45) is 17.8 Å². The summed E-state index contributed by atoms with van der Waals surface area (Å²) in [5, 5.41) is 0. The van der Waals surface area contributed by atoms with E-state index in [1.807, 2.05) is 6.92 Å². The summed E-state index contributed by atoms with van der Waals surface area (Å²) in [5.74, 6) is 3.75. The van der Waals surface area contributed by atoms with Gasteiger partial charge in [0.2, 0.25) is 0 Å². The van der Waals surface area contributed by atoms with Gasteiger partial charge in [-0.3, -0.25) is 0 Å². The third-order valence-electron chi connectivity index (χ3n) is 6.29. The fourth-order valence-corrected chi connectivity index (χ4v) is 4.50. The summed E-state index contributed by atoms with van der Waals surface area (Å²) in [6.45, 7) is 7.56. The monoisotopic (exact) mass is 350 g/mol. The summed E-state index contributed by atoms with van der Waals surface area (Å²) in [7, 11) is 0. The molecule has 3 atom stereocenters. The maximum absolute atomic E-state index is 5.53. The van der Waals surface area contributed by atoms with Crippen LogP contribution >= 0.6 is 0 Å². The van der Waals surface area contributed by atoms with E-state index in [4.69, 9.17) is 4.74 Å². The molecular weight excluding hydrogens is 316 g/mol. The van der Waals surface area contributed by atoms with Crippen LogP contribution in [0.2, 0.25) is 0 Å². The number of aryl methyl sites for hydroxylation is 1. The number of hydrogen-bond acceptors (Lipinski definition) is 1. The highest BCUT2D eigenvalue weighted by atomic mass is 16.5. The molecule has 0 bridgehead atoms. The maximum atomic E-state index is 5.53. The van der Waals surface area contributed by atoms with Gasteiger partial charge in [-0.2, -0.15) is 0 Å². The lowest BCUT2D eigenvalue weighted by Gasteiger charge is -2.34. The highest BCUT2D eigenvalue weighted by Gasteiger charge is 2.26. The Morgan fingerprint density at radius 1 is 0.885 bits per heavy atom. The SMILES string of the molecule is CCOc1ccc(-c2ccc(CCC3CCC(CC)CC3C)cc2)cc1. The normalized spacial score (nSPS) is 23.0. The van der Waals surface area contributed by atoms with Crippen molar-refractivity contribution in [3.63, 3.8) is 0 Å². The van der Waals surface area contributed by atoms with Crippen molar-refractivity contribution in [1.29, 1.82) is 0 Å². The van der Waals surface area contributed by atoms with E-state index in [1.165, 1.54) is 55.2 Å². The van der Waals surface area contributed by atoms with Crippen LogP contribution in [0, 0.1) is 17.8 Å². The van der Waals surface area contributed by atoms with Crippen LogP contribution in [0.5, 0.6) is 5.75 Å². The second-order valence-electron chi connectivity index (χ2n) is 8.02. The molecule has 140 valence electrons. The number of rotatable bonds is 7. The Bertz CT molecular complexity index is 656. The minimum Gasteiger partial charge on any atom is -0.494 e. The lowest BCUT2D eigenvalue weighted by atomic mass is 9.72. The summed E-state index contributed by atoms with van der Waals surface area (Å²) in [6, 6.07) is 17.6. The third kappa shape index (κ3) is 4.90. The Hall–Kier alpha value is -1.76. The molecule has 2 aromatic carbocycles. The average Bonchev–Trinajstić information content (AvgIpc) is 2.68. The predicted octanol–water partition coefficient (Wildman–Crippen LogP) is 7.15. The van der Waals surface area contributed by atoms with E-state index < -0.39 is 0 Å². The van der Waals surface area contributed by atoms with Gasteiger partial charge >= 0.3 is 0 Å².